The lowest BCUT2D eigenvalue weighted by Crippen LogP contribution is -2.42. The van der Waals surface area contributed by atoms with Crippen LogP contribution in [0.3, 0.4) is 0 Å². The van der Waals surface area contributed by atoms with Crippen molar-refractivity contribution in [1.29, 1.82) is 0 Å². The Labute approximate surface area is 144 Å². The highest BCUT2D eigenvalue weighted by Crippen LogP contribution is 2.47. The first kappa shape index (κ1) is 19.2. The van der Waals surface area contributed by atoms with Crippen LogP contribution in [0.5, 0.6) is 0 Å². The second-order valence-corrected chi connectivity index (χ2v) is 8.13. The summed E-state index contributed by atoms with van der Waals surface area (Å²) in [6, 6.07) is 10.4. The summed E-state index contributed by atoms with van der Waals surface area (Å²) in [5.41, 5.74) is 1.25. The summed E-state index contributed by atoms with van der Waals surface area (Å²) in [5.74, 6) is 0.0514. The predicted octanol–water partition coefficient (Wildman–Crippen LogP) is 4.10. The third kappa shape index (κ3) is 5.44. The molecule has 1 saturated carbocycles. The molecule has 24 heavy (non-hydrogen) atoms. The Morgan fingerprint density at radius 2 is 1.75 bits per heavy atom. The molecule has 2 atom stereocenters. The molecule has 1 aromatic carbocycles. The standard InChI is InChI=1S/C18H28NO4P/c1-3-22-24(21,23-4-2)14-18(20)19-17-13-9-8-12-16(17)15-10-6-5-7-11-15/h5-7,10-11,16-17H,3-4,8-9,12-14H2,1-2H3,(H,19,20). The van der Waals surface area contributed by atoms with Gasteiger partial charge in [0.05, 0.1) is 13.2 Å². The predicted molar refractivity (Wildman–Crippen MR) is 95.3 cm³/mol. The van der Waals surface area contributed by atoms with Crippen molar-refractivity contribution in [2.24, 2.45) is 0 Å². The molecule has 1 amide bonds. The molecule has 2 rings (SSSR count). The van der Waals surface area contributed by atoms with E-state index in [0.29, 0.717) is 5.92 Å². The minimum Gasteiger partial charge on any atom is -0.352 e. The Balaban J connectivity index is 2.01. The zero-order chi connectivity index (χ0) is 17.4. The summed E-state index contributed by atoms with van der Waals surface area (Å²) >= 11 is 0. The van der Waals surface area contributed by atoms with Crippen LogP contribution in [0.4, 0.5) is 0 Å². The number of benzene rings is 1. The van der Waals surface area contributed by atoms with Gasteiger partial charge in [-0.1, -0.05) is 43.2 Å². The van der Waals surface area contributed by atoms with Crippen molar-refractivity contribution >= 4 is 13.5 Å². The zero-order valence-corrected chi connectivity index (χ0v) is 15.5. The number of rotatable bonds is 8. The van der Waals surface area contributed by atoms with Crippen LogP contribution in [0.2, 0.25) is 0 Å². The first-order valence-corrected chi connectivity index (χ1v) is 10.5. The number of hydrogen-bond acceptors (Lipinski definition) is 4. The van der Waals surface area contributed by atoms with E-state index >= 15 is 0 Å². The molecule has 134 valence electrons. The smallest absolute Gasteiger partial charge is 0.340 e. The van der Waals surface area contributed by atoms with Gasteiger partial charge in [-0.3, -0.25) is 9.36 Å². The quantitative estimate of drug-likeness (QED) is 0.715. The highest BCUT2D eigenvalue weighted by atomic mass is 31.2. The van der Waals surface area contributed by atoms with E-state index in [-0.39, 0.29) is 31.3 Å². The summed E-state index contributed by atoms with van der Waals surface area (Å²) in [6.45, 7) is 4.02. The lowest BCUT2D eigenvalue weighted by Gasteiger charge is -2.33. The van der Waals surface area contributed by atoms with E-state index in [0.717, 1.165) is 19.3 Å². The number of carbonyl (C=O) groups excluding carboxylic acids is 1. The molecule has 1 N–H and O–H groups in total. The minimum atomic E-state index is -3.35. The van der Waals surface area contributed by atoms with Crippen molar-refractivity contribution in [1.82, 2.24) is 5.32 Å². The fourth-order valence-electron chi connectivity index (χ4n) is 3.35. The SMILES string of the molecule is CCOP(=O)(CC(=O)NC1CCCCC1c1ccccc1)OCC. The maximum absolute atomic E-state index is 12.5. The molecule has 0 saturated heterocycles. The summed E-state index contributed by atoms with van der Waals surface area (Å²) in [7, 11) is -3.35. The summed E-state index contributed by atoms with van der Waals surface area (Å²) in [5, 5.41) is 3.07. The average molecular weight is 353 g/mol. The van der Waals surface area contributed by atoms with E-state index in [1.165, 1.54) is 12.0 Å². The molecule has 0 spiro atoms. The molecule has 1 aromatic rings. The van der Waals surface area contributed by atoms with Crippen LogP contribution >= 0.6 is 7.60 Å². The lowest BCUT2D eigenvalue weighted by atomic mass is 9.80. The molecule has 0 aliphatic heterocycles. The van der Waals surface area contributed by atoms with Crippen molar-refractivity contribution < 1.29 is 18.4 Å². The second kappa shape index (κ2) is 9.36. The molecular formula is C18H28NO4P. The molecule has 0 aromatic heterocycles. The van der Waals surface area contributed by atoms with Gasteiger partial charge in [0, 0.05) is 12.0 Å². The van der Waals surface area contributed by atoms with Crippen LogP contribution in [-0.2, 0) is 18.4 Å². The highest BCUT2D eigenvalue weighted by Gasteiger charge is 2.32. The largest absolute Gasteiger partial charge is 0.352 e. The van der Waals surface area contributed by atoms with Gasteiger partial charge >= 0.3 is 7.60 Å². The topological polar surface area (TPSA) is 64.6 Å². The van der Waals surface area contributed by atoms with E-state index in [1.807, 2.05) is 18.2 Å². The number of carbonyl (C=O) groups is 1. The lowest BCUT2D eigenvalue weighted by molar-refractivity contribution is -0.119. The van der Waals surface area contributed by atoms with Crippen LogP contribution in [0.25, 0.3) is 0 Å². The number of hydrogen-bond donors (Lipinski definition) is 1. The van der Waals surface area contributed by atoms with Gasteiger partial charge in [0.2, 0.25) is 5.91 Å². The number of amides is 1. The average Bonchev–Trinajstić information content (AvgIpc) is 2.56. The van der Waals surface area contributed by atoms with Crippen LogP contribution in [0.15, 0.2) is 30.3 Å². The van der Waals surface area contributed by atoms with Crippen LogP contribution in [0.1, 0.15) is 51.0 Å². The van der Waals surface area contributed by atoms with Crippen molar-refractivity contribution in [3.63, 3.8) is 0 Å². The number of nitrogens with one attached hydrogen (secondary N) is 1. The minimum absolute atomic E-state index is 0.0744. The molecule has 0 radical (unpaired) electrons. The molecule has 1 fully saturated rings. The molecular weight excluding hydrogens is 325 g/mol. The second-order valence-electron chi connectivity index (χ2n) is 6.08. The van der Waals surface area contributed by atoms with Gasteiger partial charge < -0.3 is 14.4 Å². The molecule has 5 nitrogen and oxygen atoms in total. The molecule has 1 aliphatic carbocycles. The van der Waals surface area contributed by atoms with E-state index < -0.39 is 7.60 Å². The molecule has 0 bridgehead atoms. The van der Waals surface area contributed by atoms with Gasteiger partial charge in [-0.15, -0.1) is 0 Å². The van der Waals surface area contributed by atoms with Crippen molar-refractivity contribution in [3.8, 4) is 0 Å². The van der Waals surface area contributed by atoms with Gasteiger partial charge in [-0.2, -0.15) is 0 Å². The molecule has 6 heteroatoms. The monoisotopic (exact) mass is 353 g/mol. The van der Waals surface area contributed by atoms with E-state index in [2.05, 4.69) is 17.4 Å². The molecule has 1 aliphatic rings. The van der Waals surface area contributed by atoms with Crippen molar-refractivity contribution in [3.05, 3.63) is 35.9 Å². The Bertz CT molecular complexity index is 553. The van der Waals surface area contributed by atoms with Crippen LogP contribution in [0, 0.1) is 0 Å². The highest BCUT2D eigenvalue weighted by molar-refractivity contribution is 7.54. The summed E-state index contributed by atoms with van der Waals surface area (Å²) in [4.78, 5) is 12.4. The van der Waals surface area contributed by atoms with E-state index in [9.17, 15) is 9.36 Å². The normalized spacial score (nSPS) is 21.4. The van der Waals surface area contributed by atoms with Gasteiger partial charge in [0.15, 0.2) is 0 Å². The molecule has 0 heterocycles. The van der Waals surface area contributed by atoms with E-state index in [1.54, 1.807) is 13.8 Å². The van der Waals surface area contributed by atoms with Gasteiger partial charge in [0.1, 0.15) is 6.16 Å². The first-order chi connectivity index (χ1) is 11.6. The van der Waals surface area contributed by atoms with Crippen LogP contribution < -0.4 is 5.32 Å². The molecule has 2 unspecified atom stereocenters. The Morgan fingerprint density at radius 3 is 2.38 bits per heavy atom. The Kier molecular flexibility index (Phi) is 7.47. The zero-order valence-electron chi connectivity index (χ0n) is 14.6. The third-order valence-corrected chi connectivity index (χ3v) is 6.31. The fraction of sp³-hybridized carbons (Fsp3) is 0.611. The van der Waals surface area contributed by atoms with Gasteiger partial charge in [-0.25, -0.2) is 0 Å². The Morgan fingerprint density at radius 1 is 1.12 bits per heavy atom. The maximum atomic E-state index is 12.5. The van der Waals surface area contributed by atoms with Crippen molar-refractivity contribution in [2.75, 3.05) is 19.4 Å². The third-order valence-electron chi connectivity index (χ3n) is 4.33. The Hall–Kier alpha value is -1.16. The van der Waals surface area contributed by atoms with Crippen molar-refractivity contribution in [2.45, 2.75) is 51.5 Å². The van der Waals surface area contributed by atoms with Gasteiger partial charge in [-0.05, 0) is 32.3 Å². The summed E-state index contributed by atoms with van der Waals surface area (Å²) in [6.07, 6.45) is 4.06. The first-order valence-electron chi connectivity index (χ1n) is 8.80. The fourth-order valence-corrected chi connectivity index (χ4v) is 4.84. The van der Waals surface area contributed by atoms with Crippen LogP contribution in [-0.4, -0.2) is 31.3 Å². The maximum Gasteiger partial charge on any atom is 0.340 e. The van der Waals surface area contributed by atoms with Gasteiger partial charge in [0.25, 0.3) is 0 Å². The summed E-state index contributed by atoms with van der Waals surface area (Å²) < 4.78 is 22.9. The van der Waals surface area contributed by atoms with E-state index in [4.69, 9.17) is 9.05 Å².